The fraction of sp³-hybridized carbons (Fsp3) is 0.500. The second-order valence-corrected chi connectivity index (χ2v) is 8.24. The molecule has 2 aliphatic rings. The molecule has 0 aliphatic carbocycles. The van der Waals surface area contributed by atoms with Crippen molar-refractivity contribution >= 4 is 27.5 Å². The summed E-state index contributed by atoms with van der Waals surface area (Å²) in [6.45, 7) is 1.54. The Kier molecular flexibility index (Phi) is 4.60. The van der Waals surface area contributed by atoms with Gasteiger partial charge in [0, 0.05) is 38.3 Å². The topological polar surface area (TPSA) is 86.8 Å². The van der Waals surface area contributed by atoms with Crippen molar-refractivity contribution in [2.75, 3.05) is 37.8 Å². The van der Waals surface area contributed by atoms with Crippen LogP contribution in [0.4, 0.5) is 5.69 Å². The molecular formula is C16H21N3O4S. The summed E-state index contributed by atoms with van der Waals surface area (Å²) in [5, 5.41) is 2.83. The lowest BCUT2D eigenvalue weighted by Gasteiger charge is -2.33. The molecule has 7 nitrogen and oxygen atoms in total. The highest BCUT2D eigenvalue weighted by Gasteiger charge is 2.26. The number of benzene rings is 1. The number of piperazine rings is 1. The minimum absolute atomic E-state index is 0.00273. The van der Waals surface area contributed by atoms with E-state index < -0.39 is 10.0 Å². The number of aryl methyl sites for hydroxylation is 1. The SMILES string of the molecule is CS(=O)(=O)N1CCN(C(=O)Cc2ccc3c(c2)CCC(=O)N3)CC1. The number of anilines is 1. The van der Waals surface area contributed by atoms with Crippen LogP contribution in [-0.4, -0.2) is 61.9 Å². The third-order valence-electron chi connectivity index (χ3n) is 4.48. The first-order valence-corrected chi connectivity index (χ1v) is 9.82. The van der Waals surface area contributed by atoms with E-state index in [0.29, 0.717) is 45.4 Å². The van der Waals surface area contributed by atoms with Crippen molar-refractivity contribution in [3.63, 3.8) is 0 Å². The van der Waals surface area contributed by atoms with Crippen LogP contribution in [0.3, 0.4) is 0 Å². The highest BCUT2D eigenvalue weighted by molar-refractivity contribution is 7.88. The van der Waals surface area contributed by atoms with Gasteiger partial charge in [0.15, 0.2) is 0 Å². The van der Waals surface area contributed by atoms with Gasteiger partial charge in [0.25, 0.3) is 0 Å². The molecule has 0 spiro atoms. The smallest absolute Gasteiger partial charge is 0.227 e. The highest BCUT2D eigenvalue weighted by atomic mass is 32.2. The fourth-order valence-corrected chi connectivity index (χ4v) is 3.93. The molecule has 2 aliphatic heterocycles. The van der Waals surface area contributed by atoms with Gasteiger partial charge in [-0.2, -0.15) is 4.31 Å². The van der Waals surface area contributed by atoms with E-state index in [4.69, 9.17) is 0 Å². The zero-order valence-corrected chi connectivity index (χ0v) is 14.4. The van der Waals surface area contributed by atoms with Gasteiger partial charge in [0.1, 0.15) is 0 Å². The molecule has 2 heterocycles. The Bertz CT molecular complexity index is 768. The van der Waals surface area contributed by atoms with E-state index in [1.54, 1.807) is 4.90 Å². The summed E-state index contributed by atoms with van der Waals surface area (Å²) in [5.41, 5.74) is 2.80. The molecule has 1 fully saturated rings. The van der Waals surface area contributed by atoms with Crippen molar-refractivity contribution in [3.05, 3.63) is 29.3 Å². The van der Waals surface area contributed by atoms with E-state index >= 15 is 0 Å². The van der Waals surface area contributed by atoms with Crippen LogP contribution in [0.1, 0.15) is 17.5 Å². The maximum Gasteiger partial charge on any atom is 0.227 e. The molecule has 1 aromatic rings. The molecule has 130 valence electrons. The number of nitrogens with one attached hydrogen (secondary N) is 1. The molecule has 0 saturated carbocycles. The highest BCUT2D eigenvalue weighted by Crippen LogP contribution is 2.24. The number of fused-ring (bicyclic) bond motifs is 1. The largest absolute Gasteiger partial charge is 0.340 e. The molecule has 0 unspecified atom stereocenters. The molecule has 24 heavy (non-hydrogen) atoms. The maximum absolute atomic E-state index is 12.4. The molecule has 1 saturated heterocycles. The Morgan fingerprint density at radius 1 is 1.17 bits per heavy atom. The minimum Gasteiger partial charge on any atom is -0.340 e. The number of amides is 2. The molecule has 1 aromatic carbocycles. The number of carbonyl (C=O) groups is 2. The van der Waals surface area contributed by atoms with Gasteiger partial charge in [-0.1, -0.05) is 12.1 Å². The Hall–Kier alpha value is -1.93. The van der Waals surface area contributed by atoms with Crippen molar-refractivity contribution in [1.82, 2.24) is 9.21 Å². The minimum atomic E-state index is -3.19. The van der Waals surface area contributed by atoms with Gasteiger partial charge in [-0.3, -0.25) is 9.59 Å². The van der Waals surface area contributed by atoms with Crippen LogP contribution in [0, 0.1) is 0 Å². The molecule has 2 amide bonds. The van der Waals surface area contributed by atoms with Gasteiger partial charge < -0.3 is 10.2 Å². The van der Waals surface area contributed by atoms with Crippen molar-refractivity contribution in [2.24, 2.45) is 0 Å². The standard InChI is InChI=1S/C16H21N3O4S/c1-24(22,23)19-8-6-18(7-9-19)16(21)11-12-2-4-14-13(10-12)3-5-15(20)17-14/h2,4,10H,3,5-9,11H2,1H3,(H,17,20). The van der Waals surface area contributed by atoms with Crippen LogP contribution < -0.4 is 5.32 Å². The Balaban J connectivity index is 1.61. The Morgan fingerprint density at radius 2 is 1.88 bits per heavy atom. The van der Waals surface area contributed by atoms with Gasteiger partial charge >= 0.3 is 0 Å². The lowest BCUT2D eigenvalue weighted by Crippen LogP contribution is -2.50. The lowest BCUT2D eigenvalue weighted by molar-refractivity contribution is -0.131. The Labute approximate surface area is 141 Å². The average Bonchev–Trinajstić information content (AvgIpc) is 2.54. The second-order valence-electron chi connectivity index (χ2n) is 6.26. The lowest BCUT2D eigenvalue weighted by atomic mass is 9.99. The van der Waals surface area contributed by atoms with Crippen LogP contribution in [0.15, 0.2) is 18.2 Å². The average molecular weight is 351 g/mol. The Morgan fingerprint density at radius 3 is 2.54 bits per heavy atom. The van der Waals surface area contributed by atoms with E-state index in [1.807, 2.05) is 18.2 Å². The van der Waals surface area contributed by atoms with Crippen molar-refractivity contribution in [3.8, 4) is 0 Å². The molecule has 0 atom stereocenters. The summed E-state index contributed by atoms with van der Waals surface area (Å²) < 4.78 is 24.4. The third kappa shape index (κ3) is 3.76. The van der Waals surface area contributed by atoms with Gasteiger partial charge in [-0.15, -0.1) is 0 Å². The zero-order valence-electron chi connectivity index (χ0n) is 13.6. The third-order valence-corrected chi connectivity index (χ3v) is 5.78. The molecule has 0 bridgehead atoms. The summed E-state index contributed by atoms with van der Waals surface area (Å²) in [5.74, 6) is 0.0259. The van der Waals surface area contributed by atoms with Gasteiger partial charge in [-0.05, 0) is 23.6 Å². The quantitative estimate of drug-likeness (QED) is 0.844. The molecular weight excluding hydrogens is 330 g/mol. The molecule has 3 rings (SSSR count). The fourth-order valence-electron chi connectivity index (χ4n) is 3.10. The number of hydrogen-bond acceptors (Lipinski definition) is 4. The number of sulfonamides is 1. The van der Waals surface area contributed by atoms with E-state index in [0.717, 1.165) is 16.8 Å². The van der Waals surface area contributed by atoms with Crippen LogP contribution in [-0.2, 0) is 32.5 Å². The number of rotatable bonds is 3. The van der Waals surface area contributed by atoms with Gasteiger partial charge in [0.2, 0.25) is 21.8 Å². The summed E-state index contributed by atoms with van der Waals surface area (Å²) >= 11 is 0. The van der Waals surface area contributed by atoms with Crippen LogP contribution >= 0.6 is 0 Å². The molecule has 0 radical (unpaired) electrons. The zero-order chi connectivity index (χ0) is 17.3. The number of carbonyl (C=O) groups excluding carboxylic acids is 2. The maximum atomic E-state index is 12.4. The summed E-state index contributed by atoms with van der Waals surface area (Å²) in [7, 11) is -3.19. The first kappa shape index (κ1) is 16.9. The molecule has 0 aromatic heterocycles. The van der Waals surface area contributed by atoms with Crippen LogP contribution in [0.5, 0.6) is 0 Å². The van der Waals surface area contributed by atoms with Crippen molar-refractivity contribution < 1.29 is 18.0 Å². The van der Waals surface area contributed by atoms with E-state index in [9.17, 15) is 18.0 Å². The normalized spacial score (nSPS) is 18.9. The van der Waals surface area contributed by atoms with Crippen LogP contribution in [0.2, 0.25) is 0 Å². The van der Waals surface area contributed by atoms with Crippen molar-refractivity contribution in [2.45, 2.75) is 19.3 Å². The predicted molar refractivity (Wildman–Crippen MR) is 90.1 cm³/mol. The van der Waals surface area contributed by atoms with Crippen LogP contribution in [0.25, 0.3) is 0 Å². The predicted octanol–water partition coefficient (Wildman–Crippen LogP) is 0.218. The van der Waals surface area contributed by atoms with E-state index in [-0.39, 0.29) is 11.8 Å². The van der Waals surface area contributed by atoms with E-state index in [2.05, 4.69) is 5.32 Å². The first-order chi connectivity index (χ1) is 11.3. The van der Waals surface area contributed by atoms with Gasteiger partial charge in [0.05, 0.1) is 12.7 Å². The summed E-state index contributed by atoms with van der Waals surface area (Å²) in [6.07, 6.45) is 2.64. The van der Waals surface area contributed by atoms with E-state index in [1.165, 1.54) is 10.6 Å². The first-order valence-electron chi connectivity index (χ1n) is 7.97. The van der Waals surface area contributed by atoms with Gasteiger partial charge in [-0.25, -0.2) is 8.42 Å². The molecule has 1 N–H and O–H groups in total. The summed E-state index contributed by atoms with van der Waals surface area (Å²) in [4.78, 5) is 25.5. The number of hydrogen-bond donors (Lipinski definition) is 1. The summed E-state index contributed by atoms with van der Waals surface area (Å²) in [6, 6.07) is 5.67. The molecule has 8 heteroatoms. The second kappa shape index (κ2) is 6.52. The van der Waals surface area contributed by atoms with Crippen molar-refractivity contribution in [1.29, 1.82) is 0 Å². The number of nitrogens with zero attached hydrogens (tertiary/aromatic N) is 2. The monoisotopic (exact) mass is 351 g/mol.